The molecule has 0 aliphatic heterocycles. The summed E-state index contributed by atoms with van der Waals surface area (Å²) < 4.78 is 28.8. The van der Waals surface area contributed by atoms with Crippen molar-refractivity contribution < 1.29 is 23.2 Å². The molecule has 0 aliphatic rings. The molecular weight excluding hydrogens is 183 g/mol. The van der Waals surface area contributed by atoms with Crippen LogP contribution in [0.15, 0.2) is 0 Å². The molecule has 0 aromatic heterocycles. The van der Waals surface area contributed by atoms with Crippen LogP contribution in [0.1, 0.15) is 6.42 Å². The molecular formula is C4H11NaO5S. The van der Waals surface area contributed by atoms with Crippen LogP contribution >= 0.6 is 0 Å². The van der Waals surface area contributed by atoms with Gasteiger partial charge in [-0.3, -0.25) is 4.55 Å². The third-order valence-corrected chi connectivity index (χ3v) is 2.30. The van der Waals surface area contributed by atoms with Gasteiger partial charge in [0.1, 0.15) is 5.25 Å². The topological polar surface area (TPSA) is 94.8 Å². The number of aliphatic hydroxyl groups is 2. The first-order valence-electron chi connectivity index (χ1n) is 2.70. The fourth-order valence-corrected chi connectivity index (χ4v) is 1.07. The van der Waals surface area contributed by atoms with Crippen LogP contribution < -0.4 is 0 Å². The van der Waals surface area contributed by atoms with Crippen molar-refractivity contribution in [2.24, 2.45) is 0 Å². The maximum absolute atomic E-state index is 10.2. The van der Waals surface area contributed by atoms with E-state index >= 15 is 0 Å². The van der Waals surface area contributed by atoms with E-state index in [0.29, 0.717) is 0 Å². The van der Waals surface area contributed by atoms with Gasteiger partial charge in [0.25, 0.3) is 10.1 Å². The Kier molecular flexibility index (Phi) is 8.30. The molecule has 0 rings (SSSR count). The molecule has 64 valence electrons. The molecule has 11 heavy (non-hydrogen) atoms. The monoisotopic (exact) mass is 194 g/mol. The molecule has 3 N–H and O–H groups in total. The first-order chi connectivity index (χ1) is 4.52. The molecule has 0 bridgehead atoms. The summed E-state index contributed by atoms with van der Waals surface area (Å²) in [6, 6.07) is 0. The minimum absolute atomic E-state index is 0. The normalized spacial score (nSPS) is 13.7. The zero-order chi connectivity index (χ0) is 8.20. The SMILES string of the molecule is O=S(=O)(O)C(CO)CCO.[NaH]. The van der Waals surface area contributed by atoms with Crippen LogP contribution in [-0.2, 0) is 10.1 Å². The first-order valence-corrected chi connectivity index (χ1v) is 4.20. The van der Waals surface area contributed by atoms with E-state index in [9.17, 15) is 8.42 Å². The molecule has 0 radical (unpaired) electrons. The second-order valence-electron chi connectivity index (χ2n) is 1.83. The molecule has 5 nitrogen and oxygen atoms in total. The van der Waals surface area contributed by atoms with Gasteiger partial charge in [-0.15, -0.1) is 0 Å². The zero-order valence-corrected chi connectivity index (χ0v) is 6.08. The van der Waals surface area contributed by atoms with Crippen LogP contribution in [0.3, 0.4) is 0 Å². The van der Waals surface area contributed by atoms with E-state index in [-0.39, 0.29) is 42.6 Å². The minimum atomic E-state index is -4.19. The number of aliphatic hydroxyl groups excluding tert-OH is 2. The molecule has 0 saturated heterocycles. The van der Waals surface area contributed by atoms with Crippen molar-refractivity contribution >= 4 is 39.7 Å². The summed E-state index contributed by atoms with van der Waals surface area (Å²) in [5.74, 6) is 0. The number of rotatable bonds is 4. The van der Waals surface area contributed by atoms with Crippen LogP contribution in [0, 0.1) is 0 Å². The molecule has 0 aromatic carbocycles. The third-order valence-electron chi connectivity index (χ3n) is 1.08. The number of hydrogen-bond acceptors (Lipinski definition) is 4. The fourth-order valence-electron chi connectivity index (χ4n) is 0.478. The van der Waals surface area contributed by atoms with Crippen molar-refractivity contribution in [1.82, 2.24) is 0 Å². The predicted molar refractivity (Wildman–Crippen MR) is 41.3 cm³/mol. The Morgan fingerprint density at radius 1 is 1.27 bits per heavy atom. The van der Waals surface area contributed by atoms with Crippen molar-refractivity contribution in [3.05, 3.63) is 0 Å². The Bertz CT molecular complexity index is 177. The van der Waals surface area contributed by atoms with Crippen molar-refractivity contribution in [1.29, 1.82) is 0 Å². The van der Waals surface area contributed by atoms with Crippen LogP contribution in [-0.4, -0.2) is 71.2 Å². The second kappa shape index (κ2) is 6.36. The predicted octanol–water partition coefficient (Wildman–Crippen LogP) is -2.03. The Morgan fingerprint density at radius 2 is 1.73 bits per heavy atom. The average molecular weight is 194 g/mol. The van der Waals surface area contributed by atoms with Gasteiger partial charge in [0, 0.05) is 6.61 Å². The summed E-state index contributed by atoms with van der Waals surface area (Å²) in [5.41, 5.74) is 0. The summed E-state index contributed by atoms with van der Waals surface area (Å²) >= 11 is 0. The van der Waals surface area contributed by atoms with Gasteiger partial charge < -0.3 is 10.2 Å². The third kappa shape index (κ3) is 6.03. The van der Waals surface area contributed by atoms with E-state index in [1.807, 2.05) is 0 Å². The first kappa shape index (κ1) is 14.4. The zero-order valence-electron chi connectivity index (χ0n) is 5.27. The van der Waals surface area contributed by atoms with E-state index in [0.717, 1.165) is 0 Å². The van der Waals surface area contributed by atoms with Gasteiger partial charge in [0.2, 0.25) is 0 Å². The molecule has 0 aromatic rings. The number of hydrogen-bond donors (Lipinski definition) is 3. The van der Waals surface area contributed by atoms with E-state index < -0.39 is 22.0 Å². The summed E-state index contributed by atoms with van der Waals surface area (Å²) in [5, 5.41) is 15.3. The molecule has 7 heteroatoms. The average Bonchev–Trinajstić information content (AvgIpc) is 1.80. The Morgan fingerprint density at radius 3 is 1.82 bits per heavy atom. The van der Waals surface area contributed by atoms with Gasteiger partial charge in [-0.25, -0.2) is 0 Å². The Balaban J connectivity index is 0. The summed E-state index contributed by atoms with van der Waals surface area (Å²) in [6.45, 7) is -1.04. The van der Waals surface area contributed by atoms with Crippen molar-refractivity contribution in [2.45, 2.75) is 11.7 Å². The van der Waals surface area contributed by atoms with Crippen LogP contribution in [0.5, 0.6) is 0 Å². The van der Waals surface area contributed by atoms with Gasteiger partial charge in [-0.2, -0.15) is 8.42 Å². The van der Waals surface area contributed by atoms with E-state index in [4.69, 9.17) is 14.8 Å². The molecule has 0 aliphatic carbocycles. The van der Waals surface area contributed by atoms with E-state index in [2.05, 4.69) is 0 Å². The standard InChI is InChI=1S/C4H10O5S.Na.H/c5-2-1-4(3-6)10(7,8)9;;/h4-6H,1-3H2,(H,7,8,9);;. The summed E-state index contributed by atoms with van der Waals surface area (Å²) in [4.78, 5) is 0. The molecule has 0 spiro atoms. The summed E-state index contributed by atoms with van der Waals surface area (Å²) in [6.07, 6.45) is -0.144. The Labute approximate surface area is 87.5 Å². The van der Waals surface area contributed by atoms with Crippen molar-refractivity contribution in [3.63, 3.8) is 0 Å². The fraction of sp³-hybridized carbons (Fsp3) is 1.00. The molecule has 1 unspecified atom stereocenters. The maximum atomic E-state index is 10.2. The molecule has 0 heterocycles. The van der Waals surface area contributed by atoms with E-state index in [1.165, 1.54) is 0 Å². The van der Waals surface area contributed by atoms with Gasteiger partial charge >= 0.3 is 29.6 Å². The second-order valence-corrected chi connectivity index (χ2v) is 3.53. The molecule has 1 atom stereocenters. The van der Waals surface area contributed by atoms with E-state index in [1.54, 1.807) is 0 Å². The summed E-state index contributed by atoms with van der Waals surface area (Å²) in [7, 11) is -4.19. The molecule has 0 amide bonds. The van der Waals surface area contributed by atoms with Crippen LogP contribution in [0.4, 0.5) is 0 Å². The Hall–Kier alpha value is 0.830. The molecule has 0 saturated carbocycles. The van der Waals surface area contributed by atoms with Gasteiger partial charge in [0.05, 0.1) is 6.61 Å². The van der Waals surface area contributed by atoms with Crippen molar-refractivity contribution in [2.75, 3.05) is 13.2 Å². The molecule has 0 fully saturated rings. The van der Waals surface area contributed by atoms with Gasteiger partial charge in [-0.1, -0.05) is 0 Å². The van der Waals surface area contributed by atoms with Gasteiger partial charge in [-0.05, 0) is 6.42 Å². The quantitative estimate of drug-likeness (QED) is 0.354. The van der Waals surface area contributed by atoms with Crippen LogP contribution in [0.2, 0.25) is 0 Å². The van der Waals surface area contributed by atoms with Gasteiger partial charge in [0.15, 0.2) is 0 Å². The van der Waals surface area contributed by atoms with Crippen molar-refractivity contribution in [3.8, 4) is 0 Å². The van der Waals surface area contributed by atoms with Crippen LogP contribution in [0.25, 0.3) is 0 Å².